The van der Waals surface area contributed by atoms with Crippen LogP contribution < -0.4 is 4.43 Å². The van der Waals surface area contributed by atoms with Gasteiger partial charge < -0.3 is 9.53 Å². The maximum Gasteiger partial charge on any atom is 0.250 e. The third-order valence-corrected chi connectivity index (χ3v) is 8.68. The Morgan fingerprint density at radius 3 is 2.26 bits per heavy atom. The van der Waals surface area contributed by atoms with E-state index in [0.29, 0.717) is 0 Å². The van der Waals surface area contributed by atoms with Crippen molar-refractivity contribution in [1.29, 1.82) is 0 Å². The van der Waals surface area contributed by atoms with E-state index in [0.717, 1.165) is 16.9 Å². The van der Waals surface area contributed by atoms with Crippen molar-refractivity contribution < 1.29 is 9.53 Å². The molecule has 0 aliphatic rings. The van der Waals surface area contributed by atoms with Crippen LogP contribution in [0.1, 0.15) is 47.1 Å². The summed E-state index contributed by atoms with van der Waals surface area (Å²) in [6.45, 7) is 16.9. The van der Waals surface area contributed by atoms with Crippen LogP contribution in [-0.4, -0.2) is 19.0 Å². The van der Waals surface area contributed by atoms with Gasteiger partial charge >= 0.3 is 0 Å². The molecule has 0 aliphatic carbocycles. The highest BCUT2D eigenvalue weighted by molar-refractivity contribution is 6.74. The molecule has 1 N–H and O–H groups in total. The van der Waals surface area contributed by atoms with Crippen LogP contribution in [0.5, 0.6) is 5.75 Å². The number of aliphatic hydroxyl groups is 1. The molecule has 3 heteroatoms. The molecule has 0 aliphatic heterocycles. The van der Waals surface area contributed by atoms with Gasteiger partial charge in [-0.15, -0.1) is 0 Å². The van der Waals surface area contributed by atoms with Gasteiger partial charge in [-0.2, -0.15) is 0 Å². The lowest BCUT2D eigenvalue weighted by molar-refractivity contribution is 0.133. The lowest BCUT2D eigenvalue weighted by atomic mass is 10.1. The normalized spacial score (nSPS) is 14.4. The molecule has 128 valence electrons. The Balaban J connectivity index is 2.97. The topological polar surface area (TPSA) is 29.5 Å². The average Bonchev–Trinajstić information content (AvgIpc) is 2.35. The molecule has 0 unspecified atom stereocenters. The molecule has 0 bridgehead atoms. The first-order valence-corrected chi connectivity index (χ1v) is 11.1. The molecule has 0 aromatic heterocycles. The summed E-state index contributed by atoms with van der Waals surface area (Å²) in [4.78, 5) is 0. The smallest absolute Gasteiger partial charge is 0.250 e. The minimum Gasteiger partial charge on any atom is -0.543 e. The summed E-state index contributed by atoms with van der Waals surface area (Å²) in [7, 11) is -1.82. The van der Waals surface area contributed by atoms with E-state index < -0.39 is 13.9 Å². The monoisotopic (exact) mass is 332 g/mol. The van der Waals surface area contributed by atoms with Crippen molar-refractivity contribution in [2.24, 2.45) is 0 Å². The molecule has 1 rings (SSSR count). The summed E-state index contributed by atoms with van der Waals surface area (Å²) in [6, 6.07) is 8.26. The van der Waals surface area contributed by atoms with Crippen LogP contribution >= 0.6 is 0 Å². The van der Waals surface area contributed by atoms with Crippen LogP contribution in [0.3, 0.4) is 0 Å². The molecule has 0 spiro atoms. The van der Waals surface area contributed by atoms with Crippen LogP contribution in [-0.2, 0) is 0 Å². The van der Waals surface area contributed by atoms with Gasteiger partial charge in [0, 0.05) is 0 Å². The molecule has 0 amide bonds. The Morgan fingerprint density at radius 2 is 1.74 bits per heavy atom. The fraction of sp³-hybridized carbons (Fsp3) is 0.500. The van der Waals surface area contributed by atoms with E-state index in [1.807, 2.05) is 24.3 Å². The minimum absolute atomic E-state index is 0.184. The van der Waals surface area contributed by atoms with Gasteiger partial charge in [0.15, 0.2) is 0 Å². The van der Waals surface area contributed by atoms with Gasteiger partial charge in [0.2, 0.25) is 8.32 Å². The predicted molar refractivity (Wildman–Crippen MR) is 103 cm³/mol. The van der Waals surface area contributed by atoms with Gasteiger partial charge in [0.05, 0.1) is 5.60 Å². The van der Waals surface area contributed by atoms with Crippen molar-refractivity contribution in [3.05, 3.63) is 48.1 Å². The van der Waals surface area contributed by atoms with Gasteiger partial charge in [0.25, 0.3) is 0 Å². The number of hydrogen-bond donors (Lipinski definition) is 1. The van der Waals surface area contributed by atoms with E-state index in [1.165, 1.54) is 0 Å². The lowest BCUT2D eigenvalue weighted by Gasteiger charge is -2.36. The van der Waals surface area contributed by atoms with Crippen molar-refractivity contribution >= 4 is 13.9 Å². The van der Waals surface area contributed by atoms with Gasteiger partial charge in [-0.05, 0) is 62.2 Å². The summed E-state index contributed by atoms with van der Waals surface area (Å²) in [5.41, 5.74) is 1.50. The van der Waals surface area contributed by atoms with E-state index >= 15 is 0 Å². The second-order valence-electron chi connectivity index (χ2n) is 8.25. The van der Waals surface area contributed by atoms with Crippen LogP contribution in [0.4, 0.5) is 0 Å². The van der Waals surface area contributed by atoms with Gasteiger partial charge in [-0.25, -0.2) is 0 Å². The summed E-state index contributed by atoms with van der Waals surface area (Å²) >= 11 is 0. The summed E-state index contributed by atoms with van der Waals surface area (Å²) < 4.78 is 6.37. The molecule has 1 aromatic rings. The highest BCUT2D eigenvalue weighted by atomic mass is 28.4. The molecule has 0 saturated heterocycles. The number of rotatable bonds is 5. The van der Waals surface area contributed by atoms with E-state index in [1.54, 1.807) is 19.9 Å². The summed E-state index contributed by atoms with van der Waals surface area (Å²) in [5.74, 6) is 0.938. The maximum absolute atomic E-state index is 9.72. The summed E-state index contributed by atoms with van der Waals surface area (Å²) in [5, 5.41) is 9.90. The van der Waals surface area contributed by atoms with Crippen molar-refractivity contribution in [2.45, 2.75) is 65.3 Å². The Kier molecular flexibility index (Phi) is 6.05. The fourth-order valence-electron chi connectivity index (χ4n) is 1.78. The zero-order chi connectivity index (χ0) is 17.9. The first kappa shape index (κ1) is 19.7. The quantitative estimate of drug-likeness (QED) is 0.545. The molecular weight excluding hydrogens is 300 g/mol. The number of benzene rings is 1. The standard InChI is InChI=1S/C20H32O2Si/c1-16(11-10-14-20(5,6)21)17-12-9-13-18(15-17)22-23(7,8)19(2,3)4/h9-15,21H,1-8H3. The highest BCUT2D eigenvalue weighted by Crippen LogP contribution is 2.37. The van der Waals surface area contributed by atoms with E-state index in [9.17, 15) is 5.11 Å². The second-order valence-corrected chi connectivity index (χ2v) is 13.0. The van der Waals surface area contributed by atoms with E-state index in [2.05, 4.69) is 52.9 Å². The molecule has 1 aromatic carbocycles. The first-order valence-electron chi connectivity index (χ1n) is 8.20. The zero-order valence-electron chi connectivity index (χ0n) is 15.9. The number of allylic oxidation sites excluding steroid dienone is 3. The van der Waals surface area contributed by atoms with Crippen molar-refractivity contribution in [3.8, 4) is 5.75 Å². The van der Waals surface area contributed by atoms with Crippen LogP contribution in [0.2, 0.25) is 18.1 Å². The Labute approximate surface area is 143 Å². The van der Waals surface area contributed by atoms with Crippen molar-refractivity contribution in [3.63, 3.8) is 0 Å². The predicted octanol–water partition coefficient (Wildman–Crippen LogP) is 5.80. The minimum atomic E-state index is -1.82. The Morgan fingerprint density at radius 1 is 1.13 bits per heavy atom. The maximum atomic E-state index is 9.72. The molecule has 0 atom stereocenters. The molecule has 0 radical (unpaired) electrons. The van der Waals surface area contributed by atoms with Crippen LogP contribution in [0, 0.1) is 0 Å². The third kappa shape index (κ3) is 6.36. The van der Waals surface area contributed by atoms with Gasteiger partial charge in [-0.3, -0.25) is 0 Å². The molecule has 0 heterocycles. The first-order chi connectivity index (χ1) is 10.3. The van der Waals surface area contributed by atoms with Gasteiger partial charge in [0.1, 0.15) is 5.75 Å². The molecule has 23 heavy (non-hydrogen) atoms. The number of hydrogen-bond acceptors (Lipinski definition) is 2. The van der Waals surface area contributed by atoms with Crippen LogP contribution in [0.15, 0.2) is 42.5 Å². The fourth-order valence-corrected chi connectivity index (χ4v) is 2.80. The van der Waals surface area contributed by atoms with Crippen molar-refractivity contribution in [1.82, 2.24) is 0 Å². The molecule has 0 fully saturated rings. The SMILES string of the molecule is CC(=CC=CC(C)(C)O)c1cccc(O[Si](C)(C)C(C)(C)C)c1. The van der Waals surface area contributed by atoms with Crippen molar-refractivity contribution in [2.75, 3.05) is 0 Å². The Hall–Kier alpha value is -1.32. The third-order valence-electron chi connectivity index (χ3n) is 4.32. The molecular formula is C20H32O2Si. The lowest BCUT2D eigenvalue weighted by Crippen LogP contribution is -2.43. The van der Waals surface area contributed by atoms with E-state index in [-0.39, 0.29) is 5.04 Å². The molecule has 2 nitrogen and oxygen atoms in total. The van der Waals surface area contributed by atoms with Gasteiger partial charge in [-0.1, -0.05) is 51.1 Å². The Bertz CT molecular complexity index is 584. The van der Waals surface area contributed by atoms with E-state index in [4.69, 9.17) is 4.43 Å². The highest BCUT2D eigenvalue weighted by Gasteiger charge is 2.38. The second kappa shape index (κ2) is 7.06. The molecule has 0 saturated carbocycles. The largest absolute Gasteiger partial charge is 0.543 e. The summed E-state index contributed by atoms with van der Waals surface area (Å²) in [6.07, 6.45) is 5.70. The zero-order valence-corrected chi connectivity index (χ0v) is 16.9. The van der Waals surface area contributed by atoms with Crippen LogP contribution in [0.25, 0.3) is 5.57 Å². The average molecular weight is 333 g/mol.